The quantitative estimate of drug-likeness (QED) is 0.729. The largest absolute Gasteiger partial charge is 0.342 e. The summed E-state index contributed by atoms with van der Waals surface area (Å²) in [5.41, 5.74) is 1.45. The topological polar surface area (TPSA) is 75.8 Å². The zero-order valence-electron chi connectivity index (χ0n) is 17.3. The summed E-state index contributed by atoms with van der Waals surface area (Å²) in [5, 5.41) is 2.77. The van der Waals surface area contributed by atoms with Crippen LogP contribution in [0, 0.1) is 5.92 Å². The molecule has 1 aromatic rings. The number of amides is 2. The van der Waals surface area contributed by atoms with E-state index in [4.69, 9.17) is 0 Å². The van der Waals surface area contributed by atoms with Crippen LogP contribution in [-0.2, 0) is 16.1 Å². The molecule has 0 aromatic carbocycles. The summed E-state index contributed by atoms with van der Waals surface area (Å²) in [6.07, 6.45) is 5.16. The Labute approximate surface area is 175 Å². The molecule has 158 valence electrons. The zero-order valence-corrected chi connectivity index (χ0v) is 18.1. The van der Waals surface area contributed by atoms with Crippen molar-refractivity contribution in [2.24, 2.45) is 5.92 Å². The number of piperidine rings is 2. The number of anilines is 1. The Kier molecular flexibility index (Phi) is 6.01. The van der Waals surface area contributed by atoms with Crippen LogP contribution in [-0.4, -0.2) is 65.5 Å². The second-order valence-corrected chi connectivity index (χ2v) is 9.58. The number of pyridine rings is 1. The van der Waals surface area contributed by atoms with Gasteiger partial charge in [-0.1, -0.05) is 0 Å². The normalized spacial score (nSPS) is 26.7. The van der Waals surface area contributed by atoms with Gasteiger partial charge in [-0.3, -0.25) is 14.4 Å². The fourth-order valence-electron chi connectivity index (χ4n) is 5.45. The lowest BCUT2D eigenvalue weighted by Gasteiger charge is -2.45. The molecule has 3 atom stereocenters. The van der Waals surface area contributed by atoms with Gasteiger partial charge in [-0.2, -0.15) is 11.8 Å². The number of carbonyl (C=O) groups excluding carboxylic acids is 2. The molecule has 29 heavy (non-hydrogen) atoms. The van der Waals surface area contributed by atoms with Crippen LogP contribution in [0.2, 0.25) is 0 Å². The minimum atomic E-state index is -0.126. The van der Waals surface area contributed by atoms with E-state index in [2.05, 4.69) is 5.32 Å². The van der Waals surface area contributed by atoms with Gasteiger partial charge in [0.05, 0.1) is 24.9 Å². The second-order valence-electron chi connectivity index (χ2n) is 8.71. The van der Waals surface area contributed by atoms with Crippen LogP contribution in [0.25, 0.3) is 0 Å². The molecule has 1 unspecified atom stereocenters. The molecular formula is C21H31N4O3S+. The van der Waals surface area contributed by atoms with E-state index in [0.717, 1.165) is 57.7 Å². The molecule has 2 fully saturated rings. The monoisotopic (exact) mass is 419 g/mol. The fraction of sp³-hybridized carbons (Fsp3) is 0.667. The minimum Gasteiger partial charge on any atom is -0.342 e. The van der Waals surface area contributed by atoms with Gasteiger partial charge in [0.2, 0.25) is 11.8 Å². The maximum absolute atomic E-state index is 13.0. The molecule has 2 N–H and O–H groups in total. The van der Waals surface area contributed by atoms with E-state index < -0.39 is 0 Å². The molecule has 1 aromatic heterocycles. The maximum atomic E-state index is 13.0. The lowest BCUT2D eigenvalue weighted by Crippen LogP contribution is -3.18. The highest BCUT2D eigenvalue weighted by molar-refractivity contribution is 7.99. The molecule has 4 rings (SSSR count). The zero-order chi connectivity index (χ0) is 20.5. The third-order valence-corrected chi connectivity index (χ3v) is 7.36. The third-order valence-electron chi connectivity index (χ3n) is 6.81. The number of hydrogen-bond donors (Lipinski definition) is 2. The van der Waals surface area contributed by atoms with Crippen LogP contribution in [0.5, 0.6) is 0 Å². The minimum absolute atomic E-state index is 0.0649. The summed E-state index contributed by atoms with van der Waals surface area (Å²) < 4.78 is 1.91. The van der Waals surface area contributed by atoms with Crippen molar-refractivity contribution in [2.45, 2.75) is 44.7 Å². The molecule has 7 nitrogen and oxygen atoms in total. The summed E-state index contributed by atoms with van der Waals surface area (Å²) in [6.45, 7) is 6.29. The van der Waals surface area contributed by atoms with Gasteiger partial charge in [-0.25, -0.2) is 0 Å². The molecule has 3 aliphatic heterocycles. The molecule has 0 saturated carbocycles. The standard InChI is InChI=1S/C21H30N4O3S/c1-14(26)23-7-5-17(6-8-23)24-10-15-9-16(12-24)19-4-3-18(21(28)25(19)11-15)22-20(27)13-29-2/h3-4,15-17H,5-13H2,1-2H3,(H,22,27)/p+1/t15-,16+/m0/s1. The lowest BCUT2D eigenvalue weighted by atomic mass is 9.82. The van der Waals surface area contributed by atoms with Crippen molar-refractivity contribution in [3.8, 4) is 0 Å². The Morgan fingerprint density at radius 1 is 1.24 bits per heavy atom. The van der Waals surface area contributed by atoms with Crippen LogP contribution in [0.3, 0.4) is 0 Å². The van der Waals surface area contributed by atoms with E-state index in [-0.39, 0.29) is 17.4 Å². The number of nitrogens with one attached hydrogen (secondary N) is 2. The van der Waals surface area contributed by atoms with Crippen molar-refractivity contribution in [1.29, 1.82) is 0 Å². The Morgan fingerprint density at radius 2 is 2.00 bits per heavy atom. The van der Waals surface area contributed by atoms with Crippen LogP contribution in [0.1, 0.15) is 37.8 Å². The van der Waals surface area contributed by atoms with E-state index in [1.807, 2.05) is 21.8 Å². The van der Waals surface area contributed by atoms with Crippen LogP contribution < -0.4 is 15.8 Å². The number of hydrogen-bond acceptors (Lipinski definition) is 4. The highest BCUT2D eigenvalue weighted by Crippen LogP contribution is 2.31. The van der Waals surface area contributed by atoms with Crippen LogP contribution >= 0.6 is 11.8 Å². The molecule has 2 amide bonds. The van der Waals surface area contributed by atoms with Crippen molar-refractivity contribution in [2.75, 3.05) is 43.5 Å². The van der Waals surface area contributed by atoms with Crippen LogP contribution in [0.15, 0.2) is 16.9 Å². The average molecular weight is 420 g/mol. The maximum Gasteiger partial charge on any atom is 0.274 e. The van der Waals surface area contributed by atoms with Gasteiger partial charge in [0.25, 0.3) is 5.56 Å². The van der Waals surface area contributed by atoms with Crippen molar-refractivity contribution >= 4 is 29.3 Å². The number of nitrogens with zero attached hydrogens (tertiary/aromatic N) is 2. The molecule has 2 saturated heterocycles. The second kappa shape index (κ2) is 8.52. The molecular weight excluding hydrogens is 388 g/mol. The number of quaternary nitrogens is 1. The van der Waals surface area contributed by atoms with Crippen LogP contribution in [0.4, 0.5) is 5.69 Å². The van der Waals surface area contributed by atoms with E-state index in [9.17, 15) is 14.4 Å². The number of likely N-dealkylation sites (tertiary alicyclic amines) is 2. The highest BCUT2D eigenvalue weighted by Gasteiger charge is 2.41. The smallest absolute Gasteiger partial charge is 0.274 e. The highest BCUT2D eigenvalue weighted by atomic mass is 32.2. The van der Waals surface area contributed by atoms with Crippen molar-refractivity contribution < 1.29 is 14.5 Å². The first kappa shape index (κ1) is 20.5. The van der Waals surface area contributed by atoms with E-state index in [0.29, 0.717) is 29.3 Å². The first-order valence-electron chi connectivity index (χ1n) is 10.6. The van der Waals surface area contributed by atoms with Gasteiger partial charge in [0.1, 0.15) is 5.69 Å². The van der Waals surface area contributed by atoms with Crippen molar-refractivity contribution in [3.05, 3.63) is 28.2 Å². The molecule has 3 aliphatic rings. The van der Waals surface area contributed by atoms with Gasteiger partial charge in [0.15, 0.2) is 0 Å². The van der Waals surface area contributed by atoms with Gasteiger partial charge < -0.3 is 19.7 Å². The Bertz CT molecular complexity index is 847. The first-order valence-corrected chi connectivity index (χ1v) is 12.0. The number of fused-ring (bicyclic) bond motifs is 4. The van der Waals surface area contributed by atoms with E-state index in [1.54, 1.807) is 17.9 Å². The Morgan fingerprint density at radius 3 is 2.69 bits per heavy atom. The number of thioether (sulfide) groups is 1. The summed E-state index contributed by atoms with van der Waals surface area (Å²) in [5.74, 6) is 1.30. The lowest BCUT2D eigenvalue weighted by molar-refractivity contribution is -0.937. The Balaban J connectivity index is 1.47. The van der Waals surface area contributed by atoms with Gasteiger partial charge in [-0.15, -0.1) is 0 Å². The van der Waals surface area contributed by atoms with Crippen molar-refractivity contribution in [1.82, 2.24) is 9.47 Å². The molecule has 0 aliphatic carbocycles. The summed E-state index contributed by atoms with van der Waals surface area (Å²) in [4.78, 5) is 40.1. The van der Waals surface area contributed by atoms with Gasteiger partial charge >= 0.3 is 0 Å². The fourth-order valence-corrected chi connectivity index (χ4v) is 5.78. The van der Waals surface area contributed by atoms with E-state index in [1.165, 1.54) is 11.8 Å². The summed E-state index contributed by atoms with van der Waals surface area (Å²) in [6, 6.07) is 4.43. The van der Waals surface area contributed by atoms with E-state index >= 15 is 0 Å². The number of rotatable bonds is 4. The predicted octanol–water partition coefficient (Wildman–Crippen LogP) is 0.163. The summed E-state index contributed by atoms with van der Waals surface area (Å²) >= 11 is 1.45. The molecule has 8 heteroatoms. The summed E-state index contributed by atoms with van der Waals surface area (Å²) in [7, 11) is 0. The molecule has 4 heterocycles. The molecule has 2 bridgehead atoms. The van der Waals surface area contributed by atoms with Crippen molar-refractivity contribution in [3.63, 3.8) is 0 Å². The molecule has 0 radical (unpaired) electrons. The predicted molar refractivity (Wildman–Crippen MR) is 115 cm³/mol. The first-order chi connectivity index (χ1) is 14.0. The van der Waals surface area contributed by atoms with Gasteiger partial charge in [-0.05, 0) is 24.8 Å². The molecule has 0 spiro atoms. The number of carbonyl (C=O) groups is 2. The number of aromatic nitrogens is 1. The average Bonchev–Trinajstić information content (AvgIpc) is 2.70. The Hall–Kier alpha value is -1.80. The van der Waals surface area contributed by atoms with Gasteiger partial charge in [0, 0.05) is 56.9 Å². The third kappa shape index (κ3) is 4.23. The SMILES string of the molecule is CSCC(=O)Nc1ccc2n(c1=O)C[C@H]1C[C@@H]2C[NH+](C2CCN(C(C)=O)CC2)C1.